The second-order valence-electron chi connectivity index (χ2n) is 6.98. The number of alkyl halides is 3. The van der Waals surface area contributed by atoms with Gasteiger partial charge >= 0.3 is 6.18 Å². The summed E-state index contributed by atoms with van der Waals surface area (Å²) in [6.07, 6.45) is -3.48. The maximum absolute atomic E-state index is 12.7. The predicted octanol–water partition coefficient (Wildman–Crippen LogP) is 6.43. The Morgan fingerprint density at radius 1 is 0.969 bits per heavy atom. The maximum Gasteiger partial charge on any atom is 0.389 e. The summed E-state index contributed by atoms with van der Waals surface area (Å²) in [6.45, 7) is 1.88. The van der Waals surface area contributed by atoms with Crippen molar-refractivity contribution in [3.05, 3.63) is 78.6 Å². The number of hydrogen-bond acceptors (Lipinski definition) is 5. The van der Waals surface area contributed by atoms with E-state index < -0.39 is 12.6 Å². The first-order valence-electron chi connectivity index (χ1n) is 9.91. The molecule has 0 aliphatic heterocycles. The van der Waals surface area contributed by atoms with Crippen molar-refractivity contribution in [3.8, 4) is 16.9 Å². The number of halogens is 3. The highest BCUT2D eigenvalue weighted by atomic mass is 32.2. The van der Waals surface area contributed by atoms with Gasteiger partial charge in [0.15, 0.2) is 0 Å². The third-order valence-corrected chi connectivity index (χ3v) is 5.62. The van der Waals surface area contributed by atoms with Gasteiger partial charge in [0, 0.05) is 17.6 Å². The Morgan fingerprint density at radius 3 is 2.34 bits per heavy atom. The monoisotopic (exact) mass is 455 g/mol. The summed E-state index contributed by atoms with van der Waals surface area (Å²) in [5.41, 5.74) is 3.73. The third-order valence-electron chi connectivity index (χ3n) is 4.65. The second-order valence-corrected chi connectivity index (χ2v) is 8.07. The molecule has 0 saturated heterocycles. The van der Waals surface area contributed by atoms with Crippen molar-refractivity contribution < 1.29 is 13.2 Å². The van der Waals surface area contributed by atoms with Crippen molar-refractivity contribution in [1.29, 1.82) is 0 Å². The number of aromatic nitrogens is 4. The van der Waals surface area contributed by atoms with Gasteiger partial charge in [-0.15, -0.1) is 11.8 Å². The van der Waals surface area contributed by atoms with Gasteiger partial charge in [-0.25, -0.2) is 14.6 Å². The highest BCUT2D eigenvalue weighted by molar-refractivity contribution is 7.99. The van der Waals surface area contributed by atoms with Crippen LogP contribution in [0.5, 0.6) is 0 Å². The van der Waals surface area contributed by atoms with Crippen LogP contribution in [0.4, 0.5) is 24.8 Å². The first kappa shape index (κ1) is 21.9. The van der Waals surface area contributed by atoms with Crippen LogP contribution in [0.15, 0.2) is 78.0 Å². The SMILES string of the molecule is Cc1c(-c2ccnc(Nc3ccccc3)n2)c(SCCC(F)(F)F)nn1-c1ccccc1. The Labute approximate surface area is 187 Å². The molecule has 0 amide bonds. The zero-order chi connectivity index (χ0) is 22.6. The summed E-state index contributed by atoms with van der Waals surface area (Å²) in [5, 5.41) is 8.27. The molecule has 0 radical (unpaired) electrons. The molecule has 0 fully saturated rings. The van der Waals surface area contributed by atoms with E-state index in [1.54, 1.807) is 16.9 Å². The molecule has 4 rings (SSSR count). The highest BCUT2D eigenvalue weighted by Crippen LogP contribution is 2.36. The topological polar surface area (TPSA) is 55.6 Å². The molecule has 2 heterocycles. The number of hydrogen-bond donors (Lipinski definition) is 1. The molecular formula is C23H20F3N5S. The van der Waals surface area contributed by atoms with Gasteiger partial charge in [0.05, 0.1) is 29.1 Å². The molecule has 0 unspecified atom stereocenters. The zero-order valence-corrected chi connectivity index (χ0v) is 18.0. The number of thioether (sulfide) groups is 1. The molecule has 164 valence electrons. The molecule has 9 heteroatoms. The fraction of sp³-hybridized carbons (Fsp3) is 0.174. The molecule has 0 aliphatic rings. The van der Waals surface area contributed by atoms with Crippen molar-refractivity contribution >= 4 is 23.4 Å². The largest absolute Gasteiger partial charge is 0.389 e. The molecule has 0 saturated carbocycles. The number of anilines is 2. The van der Waals surface area contributed by atoms with Gasteiger partial charge in [0.1, 0.15) is 5.03 Å². The molecule has 32 heavy (non-hydrogen) atoms. The first-order valence-corrected chi connectivity index (χ1v) is 10.9. The molecule has 4 aromatic rings. The minimum atomic E-state index is -4.22. The first-order chi connectivity index (χ1) is 15.4. The van der Waals surface area contributed by atoms with E-state index in [9.17, 15) is 13.2 Å². The van der Waals surface area contributed by atoms with E-state index in [4.69, 9.17) is 0 Å². The normalized spacial score (nSPS) is 11.5. The van der Waals surface area contributed by atoms with Crippen LogP contribution in [-0.4, -0.2) is 31.7 Å². The van der Waals surface area contributed by atoms with Crippen LogP contribution in [0.3, 0.4) is 0 Å². The fourth-order valence-electron chi connectivity index (χ4n) is 3.17. The van der Waals surface area contributed by atoms with Gasteiger partial charge < -0.3 is 5.32 Å². The van der Waals surface area contributed by atoms with Crippen molar-refractivity contribution in [3.63, 3.8) is 0 Å². The van der Waals surface area contributed by atoms with Gasteiger partial charge in [-0.2, -0.15) is 18.3 Å². The minimum absolute atomic E-state index is 0.123. The quantitative estimate of drug-likeness (QED) is 0.326. The van der Waals surface area contributed by atoms with E-state index in [1.165, 1.54) is 0 Å². The van der Waals surface area contributed by atoms with Crippen LogP contribution < -0.4 is 5.32 Å². The maximum atomic E-state index is 12.7. The summed E-state index contributed by atoms with van der Waals surface area (Å²) in [5.74, 6) is 0.272. The number of rotatable bonds is 7. The van der Waals surface area contributed by atoms with Crippen LogP contribution in [0, 0.1) is 6.92 Å². The van der Waals surface area contributed by atoms with Gasteiger partial charge in [0.25, 0.3) is 0 Å². The average molecular weight is 456 g/mol. The molecule has 0 atom stereocenters. The summed E-state index contributed by atoms with van der Waals surface area (Å²) in [6, 6.07) is 20.7. The van der Waals surface area contributed by atoms with Crippen LogP contribution >= 0.6 is 11.8 Å². The summed E-state index contributed by atoms with van der Waals surface area (Å²) in [7, 11) is 0. The fourth-order valence-corrected chi connectivity index (χ4v) is 4.23. The van der Waals surface area contributed by atoms with E-state index >= 15 is 0 Å². The van der Waals surface area contributed by atoms with Crippen LogP contribution in [0.2, 0.25) is 0 Å². The summed E-state index contributed by atoms with van der Waals surface area (Å²) < 4.78 is 39.9. The lowest BCUT2D eigenvalue weighted by Gasteiger charge is -2.08. The summed E-state index contributed by atoms with van der Waals surface area (Å²) in [4.78, 5) is 8.89. The Bertz CT molecular complexity index is 1180. The lowest BCUT2D eigenvalue weighted by molar-refractivity contribution is -0.129. The van der Waals surface area contributed by atoms with E-state index in [-0.39, 0.29) is 5.75 Å². The Hall–Kier alpha value is -3.33. The van der Waals surface area contributed by atoms with Gasteiger partial charge in [-0.1, -0.05) is 36.4 Å². The molecule has 0 spiro atoms. The van der Waals surface area contributed by atoms with Crippen molar-refractivity contribution in [2.75, 3.05) is 11.1 Å². The van der Waals surface area contributed by atoms with E-state index in [2.05, 4.69) is 20.4 Å². The molecule has 0 bridgehead atoms. The average Bonchev–Trinajstić information content (AvgIpc) is 3.10. The molecule has 0 aliphatic carbocycles. The van der Waals surface area contributed by atoms with E-state index in [1.807, 2.05) is 67.6 Å². The highest BCUT2D eigenvalue weighted by Gasteiger charge is 2.27. The van der Waals surface area contributed by atoms with Crippen LogP contribution in [0.1, 0.15) is 12.1 Å². The van der Waals surface area contributed by atoms with Crippen molar-refractivity contribution in [2.24, 2.45) is 0 Å². The van der Waals surface area contributed by atoms with Crippen molar-refractivity contribution in [2.45, 2.75) is 24.5 Å². The predicted molar refractivity (Wildman–Crippen MR) is 120 cm³/mol. The number of nitrogens with one attached hydrogen (secondary N) is 1. The summed E-state index contributed by atoms with van der Waals surface area (Å²) >= 11 is 1.08. The van der Waals surface area contributed by atoms with Crippen molar-refractivity contribution in [1.82, 2.24) is 19.7 Å². The number of nitrogens with zero attached hydrogens (tertiary/aromatic N) is 4. The van der Waals surface area contributed by atoms with E-state index in [0.717, 1.165) is 28.8 Å². The lowest BCUT2D eigenvalue weighted by atomic mass is 10.2. The zero-order valence-electron chi connectivity index (χ0n) is 17.2. The number of benzene rings is 2. The number of para-hydroxylation sites is 2. The molecule has 2 aromatic heterocycles. The lowest BCUT2D eigenvalue weighted by Crippen LogP contribution is -2.08. The second kappa shape index (κ2) is 9.44. The minimum Gasteiger partial charge on any atom is -0.324 e. The molecular weight excluding hydrogens is 435 g/mol. The Morgan fingerprint density at radius 2 is 1.66 bits per heavy atom. The smallest absolute Gasteiger partial charge is 0.324 e. The van der Waals surface area contributed by atoms with E-state index in [0.29, 0.717) is 22.2 Å². The van der Waals surface area contributed by atoms with Gasteiger partial charge in [0.2, 0.25) is 5.95 Å². The Kier molecular flexibility index (Phi) is 6.45. The molecule has 1 N–H and O–H groups in total. The van der Waals surface area contributed by atoms with Crippen LogP contribution in [-0.2, 0) is 0 Å². The van der Waals surface area contributed by atoms with Gasteiger partial charge in [-0.3, -0.25) is 0 Å². The Balaban J connectivity index is 1.71. The van der Waals surface area contributed by atoms with Gasteiger partial charge in [-0.05, 0) is 37.3 Å². The third kappa shape index (κ3) is 5.28. The van der Waals surface area contributed by atoms with Crippen LogP contribution in [0.25, 0.3) is 16.9 Å². The molecule has 2 aromatic carbocycles. The standard InChI is InChI=1S/C23H20F3N5S/c1-16-20(19-12-14-27-22(29-19)28-17-8-4-2-5-9-17)21(32-15-13-23(24,25)26)30-31(16)18-10-6-3-7-11-18/h2-12,14H,13,15H2,1H3,(H,27,28,29). The molecule has 5 nitrogen and oxygen atoms in total.